The van der Waals surface area contributed by atoms with Gasteiger partial charge < -0.3 is 13.7 Å². The van der Waals surface area contributed by atoms with E-state index in [1.807, 2.05) is 12.1 Å². The van der Waals surface area contributed by atoms with E-state index in [4.69, 9.17) is 8.83 Å². The minimum atomic E-state index is 0.875. The number of anilines is 3. The van der Waals surface area contributed by atoms with Crippen LogP contribution in [0.4, 0.5) is 17.1 Å². The zero-order valence-electron chi connectivity index (χ0n) is 32.0. The maximum atomic E-state index is 6.66. The summed E-state index contributed by atoms with van der Waals surface area (Å²) in [5.74, 6) is 0. The van der Waals surface area contributed by atoms with Gasteiger partial charge in [0.2, 0.25) is 0 Å². The third kappa shape index (κ3) is 5.44. The molecular formula is C56H35NO2. The number of nitrogens with zero attached hydrogens (tertiary/aromatic N) is 1. The highest BCUT2D eigenvalue weighted by molar-refractivity contribution is 6.20. The molecular weight excluding hydrogens is 719 g/mol. The van der Waals surface area contributed by atoms with E-state index in [1.54, 1.807) is 0 Å². The topological polar surface area (TPSA) is 29.5 Å². The van der Waals surface area contributed by atoms with Crippen molar-refractivity contribution in [2.24, 2.45) is 0 Å². The van der Waals surface area contributed by atoms with E-state index >= 15 is 0 Å². The van der Waals surface area contributed by atoms with Crippen molar-refractivity contribution < 1.29 is 8.83 Å². The Bertz CT molecular complexity index is 3550. The van der Waals surface area contributed by atoms with Gasteiger partial charge in [0.15, 0.2) is 0 Å². The van der Waals surface area contributed by atoms with Gasteiger partial charge in [-0.1, -0.05) is 152 Å². The van der Waals surface area contributed by atoms with Crippen LogP contribution in [0.25, 0.3) is 98.8 Å². The Morgan fingerprint density at radius 3 is 1.69 bits per heavy atom. The van der Waals surface area contributed by atoms with Crippen molar-refractivity contribution in [3.05, 3.63) is 212 Å². The first-order valence-electron chi connectivity index (χ1n) is 20.1. The fourth-order valence-corrected chi connectivity index (χ4v) is 9.08. The summed E-state index contributed by atoms with van der Waals surface area (Å²) in [5.41, 5.74) is 13.7. The number of fused-ring (bicyclic) bond motifs is 9. The van der Waals surface area contributed by atoms with Gasteiger partial charge >= 0.3 is 0 Å². The summed E-state index contributed by atoms with van der Waals surface area (Å²) in [4.78, 5) is 2.38. The summed E-state index contributed by atoms with van der Waals surface area (Å²) in [5, 5.41) is 9.26. The molecule has 276 valence electrons. The minimum Gasteiger partial charge on any atom is -0.456 e. The van der Waals surface area contributed by atoms with Crippen LogP contribution in [0.1, 0.15) is 0 Å². The molecule has 12 aromatic rings. The van der Waals surface area contributed by atoms with Gasteiger partial charge in [-0.15, -0.1) is 0 Å². The van der Waals surface area contributed by atoms with Crippen LogP contribution in [-0.4, -0.2) is 0 Å². The van der Waals surface area contributed by atoms with E-state index < -0.39 is 0 Å². The molecule has 0 saturated carbocycles. The van der Waals surface area contributed by atoms with Crippen LogP contribution in [-0.2, 0) is 0 Å². The van der Waals surface area contributed by atoms with Crippen molar-refractivity contribution in [1.29, 1.82) is 0 Å². The van der Waals surface area contributed by atoms with Gasteiger partial charge in [-0.3, -0.25) is 0 Å². The summed E-state index contributed by atoms with van der Waals surface area (Å²) in [6.07, 6.45) is 0. The lowest BCUT2D eigenvalue weighted by Crippen LogP contribution is -2.11. The molecule has 0 aliphatic rings. The molecule has 0 unspecified atom stereocenters. The van der Waals surface area contributed by atoms with E-state index in [0.29, 0.717) is 0 Å². The Kier molecular flexibility index (Phi) is 7.54. The molecule has 0 spiro atoms. The fourth-order valence-electron chi connectivity index (χ4n) is 9.08. The molecule has 59 heavy (non-hydrogen) atoms. The maximum Gasteiger partial charge on any atom is 0.143 e. The van der Waals surface area contributed by atoms with Crippen LogP contribution >= 0.6 is 0 Å². The van der Waals surface area contributed by atoms with Crippen LogP contribution in [0.2, 0.25) is 0 Å². The molecule has 2 heterocycles. The lowest BCUT2D eigenvalue weighted by molar-refractivity contribution is 0.669. The summed E-state index contributed by atoms with van der Waals surface area (Å²) in [7, 11) is 0. The second kappa shape index (κ2) is 13.4. The van der Waals surface area contributed by atoms with Crippen molar-refractivity contribution in [2.75, 3.05) is 4.90 Å². The minimum absolute atomic E-state index is 0.875. The van der Waals surface area contributed by atoms with Crippen LogP contribution in [0.3, 0.4) is 0 Å². The van der Waals surface area contributed by atoms with E-state index in [-0.39, 0.29) is 0 Å². The average Bonchev–Trinajstić information content (AvgIpc) is 3.88. The van der Waals surface area contributed by atoms with Crippen molar-refractivity contribution in [1.82, 2.24) is 0 Å². The van der Waals surface area contributed by atoms with E-state index in [2.05, 4.69) is 205 Å². The maximum absolute atomic E-state index is 6.66. The fraction of sp³-hybridized carbons (Fsp3) is 0. The highest BCUT2D eigenvalue weighted by Gasteiger charge is 2.21. The second-order valence-electron chi connectivity index (χ2n) is 15.2. The number of furan rings is 2. The molecule has 12 rings (SSSR count). The van der Waals surface area contributed by atoms with Crippen molar-refractivity contribution in [3.8, 4) is 33.4 Å². The molecule has 0 aliphatic heterocycles. The Morgan fingerprint density at radius 1 is 0.305 bits per heavy atom. The first-order chi connectivity index (χ1) is 29.2. The van der Waals surface area contributed by atoms with Crippen molar-refractivity contribution in [3.63, 3.8) is 0 Å². The number of hydrogen-bond acceptors (Lipinski definition) is 3. The zero-order chi connectivity index (χ0) is 38.9. The Hall–Kier alpha value is -7.88. The SMILES string of the molecule is c1ccc(N(c2ccc(-c3ccc4c(c3)oc3ccccc34)cc2)c2ccc(-c3cccc4ccccc34)cc2)c(-c2cccc3oc4c5ccccc5ccc4c23)c1. The van der Waals surface area contributed by atoms with Gasteiger partial charge in [0, 0.05) is 43.9 Å². The summed E-state index contributed by atoms with van der Waals surface area (Å²) in [6, 6.07) is 75.8. The smallest absolute Gasteiger partial charge is 0.143 e. The highest BCUT2D eigenvalue weighted by atomic mass is 16.3. The number of rotatable bonds is 6. The number of para-hydroxylation sites is 2. The quantitative estimate of drug-likeness (QED) is 0.169. The first kappa shape index (κ1) is 33.3. The third-order valence-electron chi connectivity index (χ3n) is 11.9. The number of benzene rings is 10. The molecule has 0 radical (unpaired) electrons. The summed E-state index contributed by atoms with van der Waals surface area (Å²) in [6.45, 7) is 0. The van der Waals surface area contributed by atoms with Gasteiger partial charge in [0.25, 0.3) is 0 Å². The van der Waals surface area contributed by atoms with Crippen molar-refractivity contribution >= 4 is 82.5 Å². The molecule has 0 amide bonds. The van der Waals surface area contributed by atoms with E-state index in [0.717, 1.165) is 88.6 Å². The molecule has 0 saturated heterocycles. The average molecular weight is 754 g/mol. The van der Waals surface area contributed by atoms with Crippen LogP contribution < -0.4 is 4.90 Å². The zero-order valence-corrected chi connectivity index (χ0v) is 32.0. The molecule has 0 fully saturated rings. The van der Waals surface area contributed by atoms with Crippen LogP contribution in [0.5, 0.6) is 0 Å². The Morgan fingerprint density at radius 2 is 0.864 bits per heavy atom. The first-order valence-corrected chi connectivity index (χ1v) is 20.1. The van der Waals surface area contributed by atoms with Crippen LogP contribution in [0.15, 0.2) is 221 Å². The lowest BCUT2D eigenvalue weighted by atomic mass is 9.95. The molecule has 3 heteroatoms. The Labute approximate surface area is 340 Å². The summed E-state index contributed by atoms with van der Waals surface area (Å²) < 4.78 is 12.9. The highest BCUT2D eigenvalue weighted by Crippen LogP contribution is 2.46. The molecule has 0 N–H and O–H groups in total. The predicted molar refractivity (Wildman–Crippen MR) is 247 cm³/mol. The summed E-state index contributed by atoms with van der Waals surface area (Å²) >= 11 is 0. The van der Waals surface area contributed by atoms with Gasteiger partial charge in [0.05, 0.1) is 5.69 Å². The second-order valence-corrected chi connectivity index (χ2v) is 15.2. The molecule has 0 atom stereocenters. The third-order valence-corrected chi connectivity index (χ3v) is 11.9. The lowest BCUT2D eigenvalue weighted by Gasteiger charge is -2.28. The normalized spacial score (nSPS) is 11.7. The van der Waals surface area contributed by atoms with E-state index in [9.17, 15) is 0 Å². The van der Waals surface area contributed by atoms with Gasteiger partial charge in [-0.05, 0) is 105 Å². The van der Waals surface area contributed by atoms with Crippen molar-refractivity contribution in [2.45, 2.75) is 0 Å². The van der Waals surface area contributed by atoms with E-state index in [1.165, 1.54) is 27.3 Å². The number of hydrogen-bond donors (Lipinski definition) is 0. The standard InChI is InChI=1S/C56H35NO2/c1-3-14-43-37(11-1)13-9-18-44(43)39-25-31-42(32-26-39)57(41-29-23-36(24-30-41)40-28-33-48-47-17-6-8-21-52(47)58-54(48)35-40)51-20-7-5-16-46(51)49-19-10-22-53-55(49)50-34-27-38-12-2-4-15-45(38)56(50)59-53/h1-35H. The molecule has 0 aliphatic carbocycles. The molecule has 2 aromatic heterocycles. The predicted octanol–water partition coefficient (Wildman–Crippen LogP) is 16.3. The van der Waals surface area contributed by atoms with Crippen LogP contribution in [0, 0.1) is 0 Å². The Balaban J connectivity index is 1.02. The molecule has 10 aromatic carbocycles. The molecule has 3 nitrogen and oxygen atoms in total. The van der Waals surface area contributed by atoms with Gasteiger partial charge in [-0.25, -0.2) is 0 Å². The van der Waals surface area contributed by atoms with Gasteiger partial charge in [0.1, 0.15) is 22.3 Å². The monoisotopic (exact) mass is 753 g/mol. The van der Waals surface area contributed by atoms with Gasteiger partial charge in [-0.2, -0.15) is 0 Å². The molecule has 0 bridgehead atoms. The largest absolute Gasteiger partial charge is 0.456 e.